The van der Waals surface area contributed by atoms with Crippen LogP contribution in [0.4, 0.5) is 5.13 Å². The van der Waals surface area contributed by atoms with Crippen LogP contribution in [-0.4, -0.2) is 10.9 Å². The SMILES string of the molecule is CCc1cccc2sc(N(Cc3ccccc3)C(=O)c3ccc4ccccc4c3)nc12. The minimum atomic E-state index is -0.0355. The quantitative estimate of drug-likeness (QED) is 0.310. The number of carbonyl (C=O) groups is 1. The van der Waals surface area contributed by atoms with E-state index in [0.717, 1.165) is 38.1 Å². The van der Waals surface area contributed by atoms with Crippen molar-refractivity contribution in [2.45, 2.75) is 19.9 Å². The lowest BCUT2D eigenvalue weighted by Gasteiger charge is -2.20. The van der Waals surface area contributed by atoms with Gasteiger partial charge in [-0.15, -0.1) is 0 Å². The van der Waals surface area contributed by atoms with Crippen molar-refractivity contribution in [1.82, 2.24) is 4.98 Å². The van der Waals surface area contributed by atoms with Gasteiger partial charge in [0, 0.05) is 5.56 Å². The van der Waals surface area contributed by atoms with Crippen LogP contribution in [0.2, 0.25) is 0 Å². The number of fused-ring (bicyclic) bond motifs is 2. The van der Waals surface area contributed by atoms with Crippen LogP contribution in [0.5, 0.6) is 0 Å². The maximum atomic E-state index is 13.7. The van der Waals surface area contributed by atoms with Crippen molar-refractivity contribution in [2.75, 3.05) is 4.90 Å². The molecule has 0 atom stereocenters. The molecule has 1 aromatic heterocycles. The van der Waals surface area contributed by atoms with Gasteiger partial charge in [-0.2, -0.15) is 0 Å². The van der Waals surface area contributed by atoms with Crippen molar-refractivity contribution in [1.29, 1.82) is 0 Å². The smallest absolute Gasteiger partial charge is 0.260 e. The zero-order valence-corrected chi connectivity index (χ0v) is 18.1. The first-order valence-corrected chi connectivity index (χ1v) is 11.3. The van der Waals surface area contributed by atoms with Crippen molar-refractivity contribution in [3.05, 3.63) is 108 Å². The van der Waals surface area contributed by atoms with Crippen LogP contribution in [0.15, 0.2) is 91.0 Å². The zero-order chi connectivity index (χ0) is 21.2. The molecule has 0 aliphatic rings. The highest BCUT2D eigenvalue weighted by Gasteiger charge is 2.22. The minimum absolute atomic E-state index is 0.0355. The Balaban J connectivity index is 1.60. The summed E-state index contributed by atoms with van der Waals surface area (Å²) in [6.07, 6.45) is 0.915. The average molecular weight is 423 g/mol. The van der Waals surface area contributed by atoms with Crippen molar-refractivity contribution >= 4 is 43.4 Å². The molecule has 3 nitrogen and oxygen atoms in total. The summed E-state index contributed by atoms with van der Waals surface area (Å²) in [7, 11) is 0. The highest BCUT2D eigenvalue weighted by Crippen LogP contribution is 2.33. The molecule has 4 heteroatoms. The molecule has 0 bridgehead atoms. The van der Waals surface area contributed by atoms with Crippen LogP contribution < -0.4 is 4.90 Å². The predicted molar refractivity (Wildman–Crippen MR) is 130 cm³/mol. The Kier molecular flexibility index (Phi) is 5.23. The normalized spacial score (nSPS) is 11.1. The molecule has 0 spiro atoms. The molecule has 5 rings (SSSR count). The molecule has 4 aromatic carbocycles. The molecule has 0 unspecified atom stereocenters. The molecular weight excluding hydrogens is 400 g/mol. The van der Waals surface area contributed by atoms with Crippen LogP contribution in [0, 0.1) is 0 Å². The molecule has 0 saturated carbocycles. The van der Waals surface area contributed by atoms with Gasteiger partial charge in [0.2, 0.25) is 0 Å². The number of para-hydroxylation sites is 1. The zero-order valence-electron chi connectivity index (χ0n) is 17.3. The number of benzene rings is 4. The fraction of sp³-hybridized carbons (Fsp3) is 0.111. The van der Waals surface area contributed by atoms with Gasteiger partial charge in [0.05, 0.1) is 16.8 Å². The number of anilines is 1. The number of hydrogen-bond donors (Lipinski definition) is 0. The second-order valence-electron chi connectivity index (χ2n) is 7.55. The summed E-state index contributed by atoms with van der Waals surface area (Å²) in [5.74, 6) is -0.0355. The Morgan fingerprint density at radius 2 is 1.65 bits per heavy atom. The monoisotopic (exact) mass is 422 g/mol. The molecule has 0 saturated heterocycles. The van der Waals surface area contributed by atoms with Gasteiger partial charge in [-0.1, -0.05) is 91.1 Å². The second kappa shape index (κ2) is 8.32. The van der Waals surface area contributed by atoms with Crippen LogP contribution >= 0.6 is 11.3 Å². The maximum absolute atomic E-state index is 13.7. The van der Waals surface area contributed by atoms with E-state index in [4.69, 9.17) is 4.98 Å². The highest BCUT2D eigenvalue weighted by atomic mass is 32.1. The molecule has 1 heterocycles. The first-order valence-electron chi connectivity index (χ1n) is 10.5. The summed E-state index contributed by atoms with van der Waals surface area (Å²) >= 11 is 1.57. The molecule has 0 radical (unpaired) electrons. The van der Waals surface area contributed by atoms with E-state index in [1.165, 1.54) is 5.56 Å². The van der Waals surface area contributed by atoms with Gasteiger partial charge in [0.1, 0.15) is 0 Å². The van der Waals surface area contributed by atoms with Gasteiger partial charge in [0.15, 0.2) is 5.13 Å². The van der Waals surface area contributed by atoms with E-state index in [1.54, 1.807) is 11.3 Å². The first kappa shape index (κ1) is 19.5. The predicted octanol–water partition coefficient (Wildman–Crippen LogP) is 6.86. The Morgan fingerprint density at radius 1 is 0.871 bits per heavy atom. The summed E-state index contributed by atoms with van der Waals surface area (Å²) < 4.78 is 1.11. The van der Waals surface area contributed by atoms with E-state index in [2.05, 4.69) is 31.2 Å². The van der Waals surface area contributed by atoms with Gasteiger partial charge < -0.3 is 0 Å². The van der Waals surface area contributed by atoms with Gasteiger partial charge in [-0.05, 0) is 46.5 Å². The van der Waals surface area contributed by atoms with Gasteiger partial charge in [-0.25, -0.2) is 4.98 Å². The molecule has 1 amide bonds. The fourth-order valence-electron chi connectivity index (χ4n) is 3.87. The molecule has 152 valence electrons. The van der Waals surface area contributed by atoms with Crippen molar-refractivity contribution in [3.63, 3.8) is 0 Å². The lowest BCUT2D eigenvalue weighted by molar-refractivity contribution is 0.0985. The molecular formula is C27H22N2OS. The van der Waals surface area contributed by atoms with E-state index in [1.807, 2.05) is 71.6 Å². The highest BCUT2D eigenvalue weighted by molar-refractivity contribution is 7.22. The number of amides is 1. The second-order valence-corrected chi connectivity index (χ2v) is 8.56. The molecule has 0 fully saturated rings. The first-order chi connectivity index (χ1) is 15.2. The molecule has 31 heavy (non-hydrogen) atoms. The molecule has 5 aromatic rings. The Bertz CT molecular complexity index is 1370. The maximum Gasteiger partial charge on any atom is 0.260 e. The average Bonchev–Trinajstić information content (AvgIpc) is 3.26. The van der Waals surface area contributed by atoms with Crippen molar-refractivity contribution in [2.24, 2.45) is 0 Å². The Hall–Kier alpha value is -3.50. The Labute approximate surface area is 185 Å². The molecule has 0 N–H and O–H groups in total. The third-order valence-corrected chi connectivity index (χ3v) is 6.57. The molecule has 0 aliphatic heterocycles. The third kappa shape index (κ3) is 3.82. The van der Waals surface area contributed by atoms with Crippen molar-refractivity contribution in [3.8, 4) is 0 Å². The molecule has 0 aliphatic carbocycles. The summed E-state index contributed by atoms with van der Waals surface area (Å²) in [6.45, 7) is 2.61. The number of aromatic nitrogens is 1. The lowest BCUT2D eigenvalue weighted by Crippen LogP contribution is -2.30. The van der Waals surface area contributed by atoms with Gasteiger partial charge in [-0.3, -0.25) is 9.69 Å². The Morgan fingerprint density at radius 3 is 2.45 bits per heavy atom. The summed E-state index contributed by atoms with van der Waals surface area (Å²) in [6, 6.07) is 30.3. The van der Waals surface area contributed by atoms with Gasteiger partial charge >= 0.3 is 0 Å². The van der Waals surface area contributed by atoms with E-state index < -0.39 is 0 Å². The van der Waals surface area contributed by atoms with Gasteiger partial charge in [0.25, 0.3) is 5.91 Å². The topological polar surface area (TPSA) is 33.2 Å². The van der Waals surface area contributed by atoms with Crippen LogP contribution in [0.3, 0.4) is 0 Å². The van der Waals surface area contributed by atoms with E-state index in [0.29, 0.717) is 12.1 Å². The number of carbonyl (C=O) groups excluding carboxylic acids is 1. The number of rotatable bonds is 5. The number of nitrogens with zero attached hydrogens (tertiary/aromatic N) is 2. The van der Waals surface area contributed by atoms with Crippen molar-refractivity contribution < 1.29 is 4.79 Å². The minimum Gasteiger partial charge on any atom is -0.279 e. The lowest BCUT2D eigenvalue weighted by atomic mass is 10.1. The summed E-state index contributed by atoms with van der Waals surface area (Å²) in [5, 5.41) is 2.92. The van der Waals surface area contributed by atoms with Crippen LogP contribution in [-0.2, 0) is 13.0 Å². The largest absolute Gasteiger partial charge is 0.279 e. The van der Waals surface area contributed by atoms with Crippen LogP contribution in [0.25, 0.3) is 21.0 Å². The van der Waals surface area contributed by atoms with E-state index in [-0.39, 0.29) is 5.91 Å². The van der Waals surface area contributed by atoms with Crippen LogP contribution in [0.1, 0.15) is 28.4 Å². The van der Waals surface area contributed by atoms with E-state index >= 15 is 0 Å². The summed E-state index contributed by atoms with van der Waals surface area (Å²) in [4.78, 5) is 20.4. The number of hydrogen-bond acceptors (Lipinski definition) is 3. The fourth-order valence-corrected chi connectivity index (χ4v) is 4.88. The summed E-state index contributed by atoms with van der Waals surface area (Å²) in [5.41, 5.74) is 3.95. The standard InChI is InChI=1S/C27H22N2OS/c1-2-20-13-8-14-24-25(20)28-27(31-24)29(18-19-9-4-3-5-10-19)26(30)23-16-15-21-11-6-7-12-22(21)17-23/h3-17H,2,18H2,1H3. The number of thiazole rings is 1. The third-order valence-electron chi connectivity index (χ3n) is 5.53. The number of aryl methyl sites for hydroxylation is 1. The van der Waals surface area contributed by atoms with E-state index in [9.17, 15) is 4.79 Å².